The van der Waals surface area contributed by atoms with E-state index in [9.17, 15) is 19.2 Å². The zero-order chi connectivity index (χ0) is 14.1. The smallest absolute Gasteiger partial charge is 0.309 e. The molecule has 0 aromatic carbocycles. The highest BCUT2D eigenvalue weighted by molar-refractivity contribution is 6.35. The highest BCUT2D eigenvalue weighted by Crippen LogP contribution is 1.84. The Morgan fingerprint density at radius 3 is 1.63 bits per heavy atom. The van der Waals surface area contributed by atoms with Gasteiger partial charge in [-0.15, -0.1) is 0 Å². The molecule has 1 aliphatic heterocycles. The van der Waals surface area contributed by atoms with Gasteiger partial charge in [0.05, 0.1) is 0 Å². The molecule has 0 bridgehead atoms. The molecule has 8 nitrogen and oxygen atoms in total. The van der Waals surface area contributed by atoms with E-state index in [1.807, 2.05) is 0 Å². The van der Waals surface area contributed by atoms with Gasteiger partial charge in [-0.2, -0.15) is 0 Å². The van der Waals surface area contributed by atoms with Crippen LogP contribution in [-0.2, 0) is 19.2 Å². The van der Waals surface area contributed by atoms with E-state index in [1.54, 1.807) is 0 Å². The lowest BCUT2D eigenvalue weighted by molar-refractivity contribution is -0.139. The van der Waals surface area contributed by atoms with Crippen LogP contribution < -0.4 is 21.3 Å². The second-order valence-electron chi connectivity index (χ2n) is 4.07. The van der Waals surface area contributed by atoms with Crippen LogP contribution in [0.1, 0.15) is 19.3 Å². The molecule has 1 heterocycles. The van der Waals surface area contributed by atoms with Crippen LogP contribution in [0.15, 0.2) is 0 Å². The van der Waals surface area contributed by atoms with E-state index in [0.29, 0.717) is 19.5 Å². The molecule has 0 aromatic heterocycles. The lowest BCUT2D eigenvalue weighted by Gasteiger charge is -2.06. The van der Waals surface area contributed by atoms with Crippen LogP contribution in [0.5, 0.6) is 0 Å². The third-order valence-electron chi connectivity index (χ3n) is 2.48. The van der Waals surface area contributed by atoms with Gasteiger partial charge >= 0.3 is 11.8 Å². The van der Waals surface area contributed by atoms with E-state index in [2.05, 4.69) is 21.3 Å². The monoisotopic (exact) mass is 270 g/mol. The van der Waals surface area contributed by atoms with Gasteiger partial charge in [-0.1, -0.05) is 0 Å². The molecule has 8 heteroatoms. The van der Waals surface area contributed by atoms with Crippen molar-refractivity contribution in [2.45, 2.75) is 19.3 Å². The average molecular weight is 270 g/mol. The Morgan fingerprint density at radius 1 is 0.579 bits per heavy atom. The van der Waals surface area contributed by atoms with Crippen molar-refractivity contribution in [3.63, 3.8) is 0 Å². The predicted octanol–water partition coefficient (Wildman–Crippen LogP) is -2.36. The minimum Gasteiger partial charge on any atom is -0.356 e. The number of rotatable bonds is 0. The van der Waals surface area contributed by atoms with Gasteiger partial charge in [-0.05, 0) is 6.42 Å². The first-order chi connectivity index (χ1) is 9.09. The molecule has 1 aliphatic rings. The summed E-state index contributed by atoms with van der Waals surface area (Å²) in [4.78, 5) is 45.2. The zero-order valence-corrected chi connectivity index (χ0v) is 10.6. The molecule has 0 spiro atoms. The first kappa shape index (κ1) is 14.9. The van der Waals surface area contributed by atoms with Crippen molar-refractivity contribution in [2.75, 3.05) is 26.2 Å². The van der Waals surface area contributed by atoms with Crippen molar-refractivity contribution < 1.29 is 19.2 Å². The number of carbonyl (C=O) groups is 4. The summed E-state index contributed by atoms with van der Waals surface area (Å²) in [6, 6.07) is 0. The van der Waals surface area contributed by atoms with Crippen LogP contribution in [0, 0.1) is 0 Å². The Morgan fingerprint density at radius 2 is 1.00 bits per heavy atom. The largest absolute Gasteiger partial charge is 0.356 e. The van der Waals surface area contributed by atoms with Crippen LogP contribution in [-0.4, -0.2) is 49.8 Å². The minimum atomic E-state index is -0.758. The van der Waals surface area contributed by atoms with Crippen molar-refractivity contribution in [2.24, 2.45) is 0 Å². The number of hydrogen-bond donors (Lipinski definition) is 4. The van der Waals surface area contributed by atoms with Crippen LogP contribution in [0.4, 0.5) is 0 Å². The van der Waals surface area contributed by atoms with E-state index in [4.69, 9.17) is 0 Å². The fourth-order valence-electron chi connectivity index (χ4n) is 1.46. The van der Waals surface area contributed by atoms with Gasteiger partial charge in [0.25, 0.3) is 0 Å². The third-order valence-corrected chi connectivity index (χ3v) is 2.48. The Bertz CT molecular complexity index is 370. The molecule has 19 heavy (non-hydrogen) atoms. The van der Waals surface area contributed by atoms with Crippen molar-refractivity contribution in [3.05, 3.63) is 0 Å². The molecule has 1 fully saturated rings. The van der Waals surface area contributed by atoms with E-state index in [1.165, 1.54) is 0 Å². The van der Waals surface area contributed by atoms with Gasteiger partial charge in [0.1, 0.15) is 0 Å². The molecule has 4 amide bonds. The molecule has 0 atom stereocenters. The molecular formula is C11H18N4O4. The Hall–Kier alpha value is -2.12. The number of carbonyl (C=O) groups excluding carboxylic acids is 4. The molecular weight excluding hydrogens is 252 g/mol. The van der Waals surface area contributed by atoms with Crippen LogP contribution in [0.3, 0.4) is 0 Å². The normalized spacial score (nSPS) is 20.2. The number of hydrogen-bond acceptors (Lipinski definition) is 4. The molecule has 106 valence electrons. The maximum atomic E-state index is 11.3. The highest BCUT2D eigenvalue weighted by atomic mass is 16.2. The van der Waals surface area contributed by atoms with Gasteiger partial charge in [-0.25, -0.2) is 0 Å². The summed E-state index contributed by atoms with van der Waals surface area (Å²) in [7, 11) is 0. The summed E-state index contributed by atoms with van der Waals surface area (Å²) < 4.78 is 0. The Kier molecular flexibility index (Phi) is 6.34. The fraction of sp³-hybridized carbons (Fsp3) is 0.636. The van der Waals surface area contributed by atoms with Gasteiger partial charge in [0.2, 0.25) is 11.8 Å². The van der Waals surface area contributed by atoms with E-state index in [0.717, 1.165) is 0 Å². The van der Waals surface area contributed by atoms with E-state index in [-0.39, 0.29) is 37.7 Å². The van der Waals surface area contributed by atoms with Gasteiger partial charge in [0, 0.05) is 39.0 Å². The van der Waals surface area contributed by atoms with E-state index >= 15 is 0 Å². The standard InChI is InChI=1S/C11H18N4O4/c16-8-2-6-13-9(17)3-7-15-11(19)10(18)14-5-1-4-12-8/h1-7H2,(H,12,16)(H,13,17)(H,14,18)(H,15,19). The summed E-state index contributed by atoms with van der Waals surface area (Å²) in [6.07, 6.45) is 0.822. The molecule has 0 saturated carbocycles. The third kappa shape index (κ3) is 6.39. The molecule has 0 radical (unpaired) electrons. The van der Waals surface area contributed by atoms with Crippen molar-refractivity contribution >= 4 is 23.6 Å². The quantitative estimate of drug-likeness (QED) is 0.368. The minimum absolute atomic E-state index is 0.0701. The second kappa shape index (κ2) is 8.06. The van der Waals surface area contributed by atoms with Crippen molar-refractivity contribution in [1.29, 1.82) is 0 Å². The molecule has 1 rings (SSSR count). The average Bonchev–Trinajstić information content (AvgIpc) is 2.37. The summed E-state index contributed by atoms with van der Waals surface area (Å²) in [5.74, 6) is -1.92. The first-order valence-corrected chi connectivity index (χ1v) is 6.19. The molecule has 0 aromatic rings. The van der Waals surface area contributed by atoms with Gasteiger partial charge in [0.15, 0.2) is 0 Å². The van der Waals surface area contributed by atoms with E-state index < -0.39 is 11.8 Å². The second-order valence-corrected chi connectivity index (χ2v) is 4.07. The van der Waals surface area contributed by atoms with Crippen molar-refractivity contribution in [1.82, 2.24) is 21.3 Å². The summed E-state index contributed by atoms with van der Waals surface area (Å²) in [5.41, 5.74) is 0. The molecule has 0 aliphatic carbocycles. The van der Waals surface area contributed by atoms with Crippen LogP contribution >= 0.6 is 0 Å². The SMILES string of the molecule is O=C1CCNC(=O)CCNC(=O)C(=O)NCCCN1. The first-order valence-electron chi connectivity index (χ1n) is 6.19. The summed E-state index contributed by atoms with van der Waals surface area (Å²) in [6.45, 7) is 1.07. The lowest BCUT2D eigenvalue weighted by Crippen LogP contribution is -2.41. The van der Waals surface area contributed by atoms with Crippen molar-refractivity contribution in [3.8, 4) is 0 Å². The molecule has 1 saturated heterocycles. The highest BCUT2D eigenvalue weighted by Gasteiger charge is 2.13. The lowest BCUT2D eigenvalue weighted by atomic mass is 10.3. The molecule has 0 unspecified atom stereocenters. The Labute approximate surface area is 110 Å². The summed E-state index contributed by atoms with van der Waals surface area (Å²) in [5, 5.41) is 9.98. The predicted molar refractivity (Wildman–Crippen MR) is 65.9 cm³/mol. The van der Waals surface area contributed by atoms with Gasteiger partial charge in [-0.3, -0.25) is 19.2 Å². The maximum Gasteiger partial charge on any atom is 0.309 e. The topological polar surface area (TPSA) is 116 Å². The van der Waals surface area contributed by atoms with Gasteiger partial charge < -0.3 is 21.3 Å². The van der Waals surface area contributed by atoms with Crippen LogP contribution in [0.25, 0.3) is 0 Å². The molecule has 4 N–H and O–H groups in total. The Balaban J connectivity index is 2.46. The summed E-state index contributed by atoms with van der Waals surface area (Å²) >= 11 is 0. The number of nitrogens with one attached hydrogen (secondary N) is 4. The zero-order valence-electron chi connectivity index (χ0n) is 10.6. The van der Waals surface area contributed by atoms with Crippen LogP contribution in [0.2, 0.25) is 0 Å². The fourth-order valence-corrected chi connectivity index (χ4v) is 1.46. The number of amides is 4. The maximum absolute atomic E-state index is 11.3.